The fraction of sp³-hybridized carbons (Fsp3) is 0.400. The number of amides is 1. The average molecular weight is 330 g/mol. The molecule has 0 saturated carbocycles. The summed E-state index contributed by atoms with van der Waals surface area (Å²) in [7, 11) is 0. The monoisotopic (exact) mass is 330 g/mol. The van der Waals surface area contributed by atoms with Gasteiger partial charge in [0, 0.05) is 11.5 Å². The number of aliphatic carboxylic acids is 1. The van der Waals surface area contributed by atoms with Gasteiger partial charge < -0.3 is 10.8 Å². The number of β-lactam (4-membered cyclic amide) rings is 1. The summed E-state index contributed by atoms with van der Waals surface area (Å²) >= 11 is 4.03. The minimum Gasteiger partial charge on any atom is -0.477 e. The Morgan fingerprint density at radius 1 is 1.65 bits per heavy atom. The highest BCUT2D eigenvalue weighted by Gasteiger charge is 2.51. The number of nitrogens with two attached hydrogens (primary N) is 1. The summed E-state index contributed by atoms with van der Waals surface area (Å²) in [5.41, 5.74) is 6.49. The Labute approximate surface area is 126 Å². The smallest absolute Gasteiger partial charge is 0.352 e. The number of hydrogen-bond donors (Lipinski definition) is 2. The fourth-order valence-electron chi connectivity index (χ4n) is 2.07. The Morgan fingerprint density at radius 3 is 3.10 bits per heavy atom. The Balaban J connectivity index is 1.82. The van der Waals surface area contributed by atoms with Crippen LogP contribution in [-0.4, -0.2) is 53.6 Å². The number of fused-ring (bicyclic) bond motifs is 1. The minimum atomic E-state index is -1.08. The molecule has 3 N–H and O–H groups in total. The third-order valence-corrected chi connectivity index (χ3v) is 5.97. The predicted octanol–water partition coefficient (Wildman–Crippen LogP) is 0.211. The number of thioether (sulfide) groups is 2. The summed E-state index contributed by atoms with van der Waals surface area (Å²) in [6, 6.07) is -0.591. The average Bonchev–Trinajstić information content (AvgIpc) is 2.96. The van der Waals surface area contributed by atoms with Crippen molar-refractivity contribution >= 4 is 47.1 Å². The van der Waals surface area contributed by atoms with E-state index >= 15 is 0 Å². The normalized spacial score (nSPS) is 25.4. The van der Waals surface area contributed by atoms with Crippen LogP contribution in [0, 0.1) is 0 Å². The first-order valence-corrected chi connectivity index (χ1v) is 8.42. The Bertz CT molecular complexity index is 589. The molecule has 1 amide bonds. The van der Waals surface area contributed by atoms with E-state index < -0.39 is 12.0 Å². The molecule has 0 spiro atoms. The first kappa shape index (κ1) is 13.9. The zero-order chi connectivity index (χ0) is 14.3. The number of carbonyl (C=O) groups is 2. The van der Waals surface area contributed by atoms with E-state index in [2.05, 4.69) is 8.75 Å². The van der Waals surface area contributed by atoms with E-state index in [9.17, 15) is 14.7 Å². The van der Waals surface area contributed by atoms with Crippen LogP contribution < -0.4 is 5.73 Å². The molecule has 0 radical (unpaired) electrons. The number of nitrogens with zero attached hydrogens (tertiary/aromatic N) is 3. The largest absolute Gasteiger partial charge is 0.477 e. The minimum absolute atomic E-state index is 0.0798. The molecule has 106 valence electrons. The Kier molecular flexibility index (Phi) is 3.71. The van der Waals surface area contributed by atoms with E-state index in [1.54, 1.807) is 6.20 Å². The van der Waals surface area contributed by atoms with Gasteiger partial charge in [-0.25, -0.2) is 4.79 Å². The van der Waals surface area contributed by atoms with Crippen molar-refractivity contribution in [2.75, 3.05) is 11.5 Å². The maximum Gasteiger partial charge on any atom is 0.352 e. The second-order valence-corrected chi connectivity index (χ2v) is 6.88. The van der Waals surface area contributed by atoms with Gasteiger partial charge >= 0.3 is 5.97 Å². The van der Waals surface area contributed by atoms with Crippen LogP contribution >= 0.6 is 35.3 Å². The molecule has 1 saturated heterocycles. The molecule has 3 heterocycles. The maximum absolute atomic E-state index is 11.8. The van der Waals surface area contributed by atoms with Crippen LogP contribution in [-0.2, 0) is 9.59 Å². The van der Waals surface area contributed by atoms with Crippen molar-refractivity contribution < 1.29 is 14.7 Å². The van der Waals surface area contributed by atoms with Gasteiger partial charge in [-0.2, -0.15) is 8.75 Å². The molecule has 20 heavy (non-hydrogen) atoms. The number of rotatable bonds is 4. The van der Waals surface area contributed by atoms with Gasteiger partial charge in [0.05, 0.1) is 17.9 Å². The van der Waals surface area contributed by atoms with E-state index in [4.69, 9.17) is 5.73 Å². The number of carbonyl (C=O) groups excluding carboxylic acids is 1. The molecular formula is C10H10N4O3S3. The zero-order valence-corrected chi connectivity index (χ0v) is 12.5. The quantitative estimate of drug-likeness (QED) is 0.596. The summed E-state index contributed by atoms with van der Waals surface area (Å²) in [5.74, 6) is -0.361. The van der Waals surface area contributed by atoms with E-state index in [0.717, 1.165) is 22.3 Å². The lowest BCUT2D eigenvalue weighted by Gasteiger charge is -2.48. The van der Waals surface area contributed by atoms with Crippen molar-refractivity contribution in [3.05, 3.63) is 17.5 Å². The van der Waals surface area contributed by atoms with Crippen LogP contribution in [0.4, 0.5) is 0 Å². The van der Waals surface area contributed by atoms with E-state index in [1.807, 2.05) is 0 Å². The number of hydrogen-bond acceptors (Lipinski definition) is 8. The Morgan fingerprint density at radius 2 is 2.45 bits per heavy atom. The third-order valence-electron chi connectivity index (χ3n) is 3.03. The molecule has 7 nitrogen and oxygen atoms in total. The molecule has 2 aliphatic heterocycles. The van der Waals surface area contributed by atoms with Crippen LogP contribution in [0.5, 0.6) is 0 Å². The second-order valence-electron chi connectivity index (χ2n) is 4.23. The van der Waals surface area contributed by atoms with Gasteiger partial charge in [0.25, 0.3) is 0 Å². The van der Waals surface area contributed by atoms with Gasteiger partial charge in [0.15, 0.2) is 0 Å². The van der Waals surface area contributed by atoms with Crippen LogP contribution in [0.1, 0.15) is 0 Å². The first-order chi connectivity index (χ1) is 9.59. The van der Waals surface area contributed by atoms with E-state index in [1.165, 1.54) is 28.4 Å². The van der Waals surface area contributed by atoms with Gasteiger partial charge in [-0.1, -0.05) is 11.8 Å². The van der Waals surface area contributed by atoms with Crippen molar-refractivity contribution in [3.63, 3.8) is 0 Å². The van der Waals surface area contributed by atoms with Crippen LogP contribution in [0.25, 0.3) is 0 Å². The lowest BCUT2D eigenvalue weighted by Crippen LogP contribution is -2.68. The zero-order valence-electron chi connectivity index (χ0n) is 10.1. The van der Waals surface area contributed by atoms with Gasteiger partial charge in [-0.3, -0.25) is 9.69 Å². The van der Waals surface area contributed by atoms with Gasteiger partial charge in [-0.05, 0) is 5.57 Å². The maximum atomic E-state index is 11.8. The molecule has 1 aromatic rings. The molecule has 0 aromatic carbocycles. The lowest BCUT2D eigenvalue weighted by atomic mass is 10.0. The molecule has 0 aliphatic carbocycles. The molecule has 2 atom stereocenters. The standard InChI is InChI=1S/C10H10N4O3S3/c11-6-8(15)14-7(10(16)17)4(3-19-9(6)14)2-18-5-1-12-20-13-5/h1,6,9H,2-3,11H2,(H,16,17)/t6?,9-/m1/s1. The SMILES string of the molecule is NC1C(=O)N2C(C(=O)O)=C(CSc3cnsn3)CS[C@H]12. The molecule has 2 aliphatic rings. The van der Waals surface area contributed by atoms with Crippen molar-refractivity contribution in [1.29, 1.82) is 0 Å². The highest BCUT2D eigenvalue weighted by Crippen LogP contribution is 2.40. The molecule has 1 aromatic heterocycles. The number of aromatic nitrogens is 2. The Hall–Kier alpha value is -1.10. The van der Waals surface area contributed by atoms with E-state index in [0.29, 0.717) is 11.5 Å². The third kappa shape index (κ3) is 2.22. The summed E-state index contributed by atoms with van der Waals surface area (Å²) in [6.45, 7) is 0. The number of carboxylic acids is 1. The summed E-state index contributed by atoms with van der Waals surface area (Å²) < 4.78 is 7.95. The van der Waals surface area contributed by atoms with Crippen molar-refractivity contribution in [2.45, 2.75) is 16.4 Å². The molecule has 1 unspecified atom stereocenters. The molecule has 0 bridgehead atoms. The molecule has 10 heteroatoms. The van der Waals surface area contributed by atoms with Crippen molar-refractivity contribution in [2.24, 2.45) is 5.73 Å². The first-order valence-electron chi connectivity index (χ1n) is 5.65. The molecule has 3 rings (SSSR count). The molecule has 1 fully saturated rings. The van der Waals surface area contributed by atoms with Crippen LogP contribution in [0.3, 0.4) is 0 Å². The highest BCUT2D eigenvalue weighted by molar-refractivity contribution is 8.01. The van der Waals surface area contributed by atoms with Crippen LogP contribution in [0.2, 0.25) is 0 Å². The fourth-order valence-corrected chi connectivity index (χ4v) is 4.88. The summed E-state index contributed by atoms with van der Waals surface area (Å²) in [5, 5.41) is 9.86. The highest BCUT2D eigenvalue weighted by atomic mass is 32.2. The summed E-state index contributed by atoms with van der Waals surface area (Å²) in [4.78, 5) is 24.5. The van der Waals surface area contributed by atoms with Gasteiger partial charge in [-0.15, -0.1) is 11.8 Å². The van der Waals surface area contributed by atoms with Gasteiger partial charge in [0.2, 0.25) is 5.91 Å². The van der Waals surface area contributed by atoms with E-state index in [-0.39, 0.29) is 17.0 Å². The molecular weight excluding hydrogens is 320 g/mol. The second kappa shape index (κ2) is 5.35. The van der Waals surface area contributed by atoms with Crippen LogP contribution in [0.15, 0.2) is 22.5 Å². The topological polar surface area (TPSA) is 109 Å². The van der Waals surface area contributed by atoms with Crippen molar-refractivity contribution in [3.8, 4) is 0 Å². The summed E-state index contributed by atoms with van der Waals surface area (Å²) in [6.07, 6.45) is 1.64. The predicted molar refractivity (Wildman–Crippen MR) is 76.4 cm³/mol. The number of carboxylic acid groups (broad SMARTS) is 1. The van der Waals surface area contributed by atoms with Gasteiger partial charge in [0.1, 0.15) is 22.1 Å². The van der Waals surface area contributed by atoms with Crippen molar-refractivity contribution in [1.82, 2.24) is 13.6 Å². The lowest BCUT2D eigenvalue weighted by molar-refractivity contribution is -0.147.